The molecule has 184 valence electrons. The molecule has 3 aromatic rings. The molecule has 0 amide bonds. The molecule has 9 nitrogen and oxygen atoms in total. The fraction of sp³-hybridized carbons (Fsp3) is 0.308. The van der Waals surface area contributed by atoms with Crippen molar-refractivity contribution in [3.05, 3.63) is 93.2 Å². The summed E-state index contributed by atoms with van der Waals surface area (Å²) < 4.78 is 1.33. The van der Waals surface area contributed by atoms with E-state index in [9.17, 15) is 19.2 Å². The minimum Gasteiger partial charge on any atom is -0.478 e. The summed E-state index contributed by atoms with van der Waals surface area (Å²) in [5, 5.41) is 16.2. The van der Waals surface area contributed by atoms with E-state index in [1.807, 2.05) is 12.1 Å². The Balaban J connectivity index is 0.000000371. The number of hydrogen-bond acceptors (Lipinski definition) is 5. The molecule has 2 aromatic carbocycles. The fourth-order valence-electron chi connectivity index (χ4n) is 4.15. The highest BCUT2D eigenvalue weighted by atomic mass is 16.4. The normalized spacial score (nSPS) is 14.5. The van der Waals surface area contributed by atoms with E-state index in [2.05, 4.69) is 40.2 Å². The number of aromatic nitrogens is 2. The number of nitrogens with zero attached hydrogens (tertiary/aromatic N) is 2. The van der Waals surface area contributed by atoms with Crippen molar-refractivity contribution in [1.29, 1.82) is 0 Å². The molecule has 1 aliphatic heterocycles. The van der Waals surface area contributed by atoms with Crippen molar-refractivity contribution in [1.82, 2.24) is 14.5 Å². The molecule has 0 atom stereocenters. The molecule has 0 bridgehead atoms. The number of benzene rings is 2. The Morgan fingerprint density at radius 3 is 2.11 bits per heavy atom. The van der Waals surface area contributed by atoms with E-state index < -0.39 is 11.9 Å². The zero-order chi connectivity index (χ0) is 25.2. The van der Waals surface area contributed by atoms with Crippen LogP contribution >= 0.6 is 0 Å². The van der Waals surface area contributed by atoms with Gasteiger partial charge >= 0.3 is 17.6 Å². The molecule has 9 heteroatoms. The second-order valence-corrected chi connectivity index (χ2v) is 8.42. The fourth-order valence-corrected chi connectivity index (χ4v) is 4.15. The van der Waals surface area contributed by atoms with Gasteiger partial charge in [0.05, 0.1) is 10.9 Å². The van der Waals surface area contributed by atoms with E-state index in [4.69, 9.17) is 10.2 Å². The van der Waals surface area contributed by atoms with Crippen LogP contribution in [0, 0.1) is 5.92 Å². The number of carbonyl (C=O) groups is 2. The average molecular weight is 480 g/mol. The number of nitrogens with one attached hydrogen (secondary N) is 1. The number of para-hydroxylation sites is 1. The molecule has 1 fully saturated rings. The van der Waals surface area contributed by atoms with Gasteiger partial charge in [-0.2, -0.15) is 0 Å². The third-order valence-electron chi connectivity index (χ3n) is 5.97. The van der Waals surface area contributed by atoms with Crippen LogP contribution < -0.4 is 11.2 Å². The average Bonchev–Trinajstić information content (AvgIpc) is 2.85. The first-order valence-electron chi connectivity index (χ1n) is 11.5. The van der Waals surface area contributed by atoms with Gasteiger partial charge in [0.15, 0.2) is 0 Å². The number of piperidine rings is 1. The minimum atomic E-state index is -1.26. The van der Waals surface area contributed by atoms with Gasteiger partial charge in [-0.15, -0.1) is 0 Å². The van der Waals surface area contributed by atoms with Crippen LogP contribution in [0.2, 0.25) is 0 Å². The van der Waals surface area contributed by atoms with E-state index in [0.717, 1.165) is 44.8 Å². The molecule has 0 aliphatic carbocycles. The highest BCUT2D eigenvalue weighted by Crippen LogP contribution is 2.21. The van der Waals surface area contributed by atoms with Crippen LogP contribution in [0.1, 0.15) is 18.4 Å². The van der Waals surface area contributed by atoms with Gasteiger partial charge in [0.1, 0.15) is 0 Å². The van der Waals surface area contributed by atoms with Crippen LogP contribution in [0.5, 0.6) is 0 Å². The van der Waals surface area contributed by atoms with Crippen LogP contribution in [0.25, 0.3) is 10.9 Å². The highest BCUT2D eigenvalue weighted by Gasteiger charge is 2.19. The molecule has 3 N–H and O–H groups in total. The number of hydrogen-bond donors (Lipinski definition) is 3. The summed E-state index contributed by atoms with van der Waals surface area (Å²) in [6.45, 7) is 3.22. The molecule has 2 heterocycles. The lowest BCUT2D eigenvalue weighted by atomic mass is 9.90. The number of aliphatic carboxylic acids is 2. The van der Waals surface area contributed by atoms with Crippen molar-refractivity contribution in [2.75, 3.05) is 19.6 Å². The summed E-state index contributed by atoms with van der Waals surface area (Å²) in [6, 6.07) is 17.8. The van der Waals surface area contributed by atoms with Gasteiger partial charge < -0.3 is 20.1 Å². The van der Waals surface area contributed by atoms with E-state index in [1.54, 1.807) is 12.1 Å². The monoisotopic (exact) mass is 479 g/mol. The largest absolute Gasteiger partial charge is 0.478 e. The number of likely N-dealkylation sites (tertiary alicyclic amines) is 1. The lowest BCUT2D eigenvalue weighted by molar-refractivity contribution is -0.134. The van der Waals surface area contributed by atoms with Crippen molar-refractivity contribution >= 4 is 22.8 Å². The summed E-state index contributed by atoms with van der Waals surface area (Å²) >= 11 is 0. The van der Waals surface area contributed by atoms with Gasteiger partial charge in [-0.3, -0.25) is 9.36 Å². The van der Waals surface area contributed by atoms with Crippen LogP contribution in [0.15, 0.2) is 76.3 Å². The number of fused-ring (bicyclic) bond motifs is 1. The number of aromatic amines is 1. The Morgan fingerprint density at radius 1 is 0.886 bits per heavy atom. The second kappa shape index (κ2) is 12.5. The van der Waals surface area contributed by atoms with Gasteiger partial charge in [-0.1, -0.05) is 42.5 Å². The van der Waals surface area contributed by atoms with Crippen LogP contribution in [-0.4, -0.2) is 56.2 Å². The maximum Gasteiger partial charge on any atom is 0.328 e. The van der Waals surface area contributed by atoms with E-state index in [0.29, 0.717) is 29.6 Å². The lowest BCUT2D eigenvalue weighted by Gasteiger charge is -2.32. The molecule has 0 unspecified atom stereocenters. The molecule has 0 spiro atoms. The van der Waals surface area contributed by atoms with Crippen LogP contribution in [0.3, 0.4) is 0 Å². The summed E-state index contributed by atoms with van der Waals surface area (Å²) in [6.07, 6.45) is 4.58. The molecule has 1 aromatic heterocycles. The SMILES string of the molecule is O=C(O)/C=C\C(=O)O.O=c1[nH]c2ccccc2c(=O)n1CCN1CCC(Cc2ccccc2)CC1. The molecule has 1 saturated heterocycles. The standard InChI is InChI=1S/C22H25N3O2.C4H4O4/c26-21-19-8-4-5-9-20(19)23-22(27)25(21)15-14-24-12-10-18(11-13-24)16-17-6-2-1-3-7-17;5-3(6)1-2-4(7)8/h1-9,18H,10-16H2,(H,23,27);1-2H,(H,5,6)(H,7,8)/b;2-1-. The number of carboxylic acid groups (broad SMARTS) is 2. The first-order valence-corrected chi connectivity index (χ1v) is 11.5. The highest BCUT2D eigenvalue weighted by molar-refractivity contribution is 5.89. The summed E-state index contributed by atoms with van der Waals surface area (Å²) in [5.74, 6) is -1.80. The minimum absolute atomic E-state index is 0.201. The van der Waals surface area contributed by atoms with E-state index in [1.165, 1.54) is 10.1 Å². The van der Waals surface area contributed by atoms with Crippen molar-refractivity contribution in [3.63, 3.8) is 0 Å². The molecular weight excluding hydrogens is 450 g/mol. The number of rotatable bonds is 7. The predicted octanol–water partition coefficient (Wildman–Crippen LogP) is 2.36. The van der Waals surface area contributed by atoms with Crippen LogP contribution in [0.4, 0.5) is 0 Å². The summed E-state index contributed by atoms with van der Waals surface area (Å²) in [5.41, 5.74) is 1.49. The predicted molar refractivity (Wildman–Crippen MR) is 133 cm³/mol. The maximum absolute atomic E-state index is 12.6. The van der Waals surface area contributed by atoms with Crippen molar-refractivity contribution < 1.29 is 19.8 Å². The van der Waals surface area contributed by atoms with Crippen molar-refractivity contribution in [3.8, 4) is 0 Å². The summed E-state index contributed by atoms with van der Waals surface area (Å²) in [7, 11) is 0. The molecule has 4 rings (SSSR count). The Bertz CT molecular complexity index is 1270. The van der Waals surface area contributed by atoms with Crippen molar-refractivity contribution in [2.45, 2.75) is 25.8 Å². The third kappa shape index (κ3) is 7.79. The van der Waals surface area contributed by atoms with E-state index in [-0.39, 0.29) is 11.2 Å². The first kappa shape index (κ1) is 25.6. The van der Waals surface area contributed by atoms with Gasteiger partial charge in [0, 0.05) is 25.2 Å². The van der Waals surface area contributed by atoms with Crippen LogP contribution in [-0.2, 0) is 22.6 Å². The van der Waals surface area contributed by atoms with Gasteiger partial charge in [0.2, 0.25) is 0 Å². The molecular formula is C26H29N3O6. The Labute approximate surface area is 202 Å². The van der Waals surface area contributed by atoms with Gasteiger partial charge in [-0.05, 0) is 56.0 Å². The zero-order valence-corrected chi connectivity index (χ0v) is 19.3. The Kier molecular flexibility index (Phi) is 9.14. The van der Waals surface area contributed by atoms with E-state index >= 15 is 0 Å². The maximum atomic E-state index is 12.6. The molecule has 0 radical (unpaired) electrons. The van der Waals surface area contributed by atoms with Gasteiger partial charge in [0.25, 0.3) is 5.56 Å². The van der Waals surface area contributed by atoms with Crippen molar-refractivity contribution in [2.24, 2.45) is 5.92 Å². The molecule has 35 heavy (non-hydrogen) atoms. The van der Waals surface area contributed by atoms with Gasteiger partial charge in [-0.25, -0.2) is 14.4 Å². The zero-order valence-electron chi connectivity index (χ0n) is 19.3. The molecule has 1 aliphatic rings. The number of carboxylic acids is 2. The summed E-state index contributed by atoms with van der Waals surface area (Å²) in [4.78, 5) is 49.2. The second-order valence-electron chi connectivity index (χ2n) is 8.42. The first-order chi connectivity index (χ1) is 16.8. The topological polar surface area (TPSA) is 133 Å². The smallest absolute Gasteiger partial charge is 0.328 e. The number of H-pyrrole nitrogens is 1. The third-order valence-corrected chi connectivity index (χ3v) is 5.97. The molecule has 0 saturated carbocycles. The quantitative estimate of drug-likeness (QED) is 0.443. The Morgan fingerprint density at radius 2 is 1.49 bits per heavy atom. The Hall–Kier alpha value is -3.98. The lowest BCUT2D eigenvalue weighted by Crippen LogP contribution is -2.41.